The van der Waals surface area contributed by atoms with E-state index in [-0.39, 0.29) is 24.0 Å². The maximum absolute atomic E-state index is 12.9. The van der Waals surface area contributed by atoms with E-state index in [9.17, 15) is 4.79 Å². The number of carbonyl (C=O) groups excluding carboxylic acids is 1. The molecule has 3 aromatic rings. The highest BCUT2D eigenvalue weighted by atomic mass is 31.2. The molecule has 3 aliphatic rings. The topological polar surface area (TPSA) is 47.6 Å². The van der Waals surface area contributed by atoms with Crippen LogP contribution in [0.15, 0.2) is 66.7 Å². The van der Waals surface area contributed by atoms with Gasteiger partial charge in [0.05, 0.1) is 6.10 Å². The monoisotopic (exact) mass is 459 g/mol. The van der Waals surface area contributed by atoms with Crippen LogP contribution in [-0.4, -0.2) is 11.9 Å². The first-order valence-corrected chi connectivity index (χ1v) is 13.4. The van der Waals surface area contributed by atoms with Crippen molar-refractivity contribution in [2.24, 2.45) is 11.8 Å². The Kier molecular flexibility index (Phi) is 5.70. The maximum atomic E-state index is 12.9. The molecule has 0 saturated heterocycles. The summed E-state index contributed by atoms with van der Waals surface area (Å²) in [6.45, 7) is 2.16. The molecule has 33 heavy (non-hydrogen) atoms. The molecule has 0 amide bonds. The zero-order valence-electron chi connectivity index (χ0n) is 18.9. The fraction of sp³-hybridized carbons (Fsp3) is 0.393. The first-order chi connectivity index (χ1) is 16.2. The molecule has 2 fully saturated rings. The van der Waals surface area contributed by atoms with Crippen LogP contribution in [0.25, 0.3) is 10.8 Å². The standard InChI is InChI=1S/C28H30NO3P/c1-18(19-8-3-2-4-9-19)29-33-31-25-16-14-20-10-5-6-11-21(20)27(25)28-23-12-7-13-24(30)22(23)15-17-26(28)32-33/h2-6,8-11,14,16,18,22-23,26,28-29H,7,12-13,15,17H2,1H3/t18-,22?,23?,26?,28?,33?/m1/s1. The van der Waals surface area contributed by atoms with Crippen molar-refractivity contribution in [1.29, 1.82) is 0 Å². The van der Waals surface area contributed by atoms with Crippen molar-refractivity contribution in [2.45, 2.75) is 57.1 Å². The Balaban J connectivity index is 1.41. The molecule has 0 aromatic heterocycles. The van der Waals surface area contributed by atoms with Crippen LogP contribution in [0.1, 0.15) is 62.1 Å². The predicted octanol–water partition coefficient (Wildman–Crippen LogP) is 7.06. The number of Topliss-reactive ketones (excluding diaryl/α,β-unsaturated/α-hetero) is 1. The number of hydrogen-bond acceptors (Lipinski definition) is 4. The van der Waals surface area contributed by atoms with Gasteiger partial charge in [-0.15, -0.1) is 0 Å². The van der Waals surface area contributed by atoms with E-state index in [1.54, 1.807) is 0 Å². The van der Waals surface area contributed by atoms with E-state index in [1.165, 1.54) is 21.9 Å². The van der Waals surface area contributed by atoms with Gasteiger partial charge in [0.25, 0.3) is 0 Å². The molecule has 0 radical (unpaired) electrons. The molecule has 1 aliphatic heterocycles. The predicted molar refractivity (Wildman–Crippen MR) is 132 cm³/mol. The van der Waals surface area contributed by atoms with Gasteiger partial charge in [0.1, 0.15) is 11.5 Å². The van der Waals surface area contributed by atoms with Crippen LogP contribution >= 0.6 is 8.53 Å². The number of nitrogens with one attached hydrogen (secondary N) is 1. The Labute approximate surface area is 196 Å². The number of carbonyl (C=O) groups is 1. The maximum Gasteiger partial charge on any atom is 0.318 e. The third kappa shape index (κ3) is 3.89. The molecule has 170 valence electrons. The van der Waals surface area contributed by atoms with Gasteiger partial charge >= 0.3 is 8.53 Å². The second kappa shape index (κ2) is 8.83. The van der Waals surface area contributed by atoms with Gasteiger partial charge in [-0.3, -0.25) is 4.79 Å². The van der Waals surface area contributed by atoms with Crippen molar-refractivity contribution in [1.82, 2.24) is 5.09 Å². The molecule has 2 aliphatic carbocycles. The van der Waals surface area contributed by atoms with Gasteiger partial charge in [0, 0.05) is 29.9 Å². The molecule has 5 unspecified atom stereocenters. The quantitative estimate of drug-likeness (QED) is 0.426. The lowest BCUT2D eigenvalue weighted by Crippen LogP contribution is -2.42. The zero-order valence-corrected chi connectivity index (χ0v) is 19.8. The lowest BCUT2D eigenvalue weighted by molar-refractivity contribution is -0.129. The lowest BCUT2D eigenvalue weighted by Gasteiger charge is -2.44. The number of hydrogen-bond donors (Lipinski definition) is 1. The number of ketones is 1. The number of fused-ring (bicyclic) bond motifs is 7. The first-order valence-electron chi connectivity index (χ1n) is 12.2. The SMILES string of the molecule is C[C@@H](NP1Oc2ccc3ccccc3c2C2C(CCC3C(=O)CCCC32)O1)c1ccccc1. The molecule has 1 N–H and O–H groups in total. The zero-order chi connectivity index (χ0) is 22.4. The van der Waals surface area contributed by atoms with E-state index >= 15 is 0 Å². The normalized spacial score (nSPS) is 29.8. The molecule has 4 nitrogen and oxygen atoms in total. The first kappa shape index (κ1) is 21.3. The average Bonchev–Trinajstić information content (AvgIpc) is 3.01. The number of benzene rings is 3. The van der Waals surface area contributed by atoms with Gasteiger partial charge < -0.3 is 9.05 Å². The van der Waals surface area contributed by atoms with Gasteiger partial charge in [0.15, 0.2) is 0 Å². The van der Waals surface area contributed by atoms with Crippen molar-refractivity contribution in [3.05, 3.63) is 77.9 Å². The van der Waals surface area contributed by atoms with Gasteiger partial charge in [-0.1, -0.05) is 60.7 Å². The van der Waals surface area contributed by atoms with Gasteiger partial charge in [-0.2, -0.15) is 0 Å². The molecule has 6 rings (SSSR count). The third-order valence-electron chi connectivity index (χ3n) is 7.79. The summed E-state index contributed by atoms with van der Waals surface area (Å²) in [7, 11) is -1.32. The van der Waals surface area contributed by atoms with E-state index < -0.39 is 8.53 Å². The molecule has 0 bridgehead atoms. The van der Waals surface area contributed by atoms with Crippen molar-refractivity contribution >= 4 is 25.1 Å². The highest BCUT2D eigenvalue weighted by Gasteiger charge is 2.48. The molecule has 1 heterocycles. The summed E-state index contributed by atoms with van der Waals surface area (Å²) in [5.74, 6) is 2.06. The van der Waals surface area contributed by atoms with Crippen LogP contribution < -0.4 is 9.61 Å². The highest BCUT2D eigenvalue weighted by Crippen LogP contribution is 2.58. The van der Waals surface area contributed by atoms with Crippen molar-refractivity contribution < 1.29 is 13.8 Å². The molecule has 2 saturated carbocycles. The molecule has 0 spiro atoms. The van der Waals surface area contributed by atoms with E-state index in [0.717, 1.165) is 37.9 Å². The van der Waals surface area contributed by atoms with Gasteiger partial charge in [0.2, 0.25) is 0 Å². The van der Waals surface area contributed by atoms with Crippen molar-refractivity contribution in [3.8, 4) is 5.75 Å². The fourth-order valence-corrected chi connectivity index (χ4v) is 7.67. The second-order valence-electron chi connectivity index (χ2n) is 9.68. The Morgan fingerprint density at radius 3 is 2.67 bits per heavy atom. The van der Waals surface area contributed by atoms with Crippen LogP contribution in [0, 0.1) is 11.8 Å². The second-order valence-corrected chi connectivity index (χ2v) is 10.9. The van der Waals surface area contributed by atoms with Crippen LogP contribution in [0.4, 0.5) is 0 Å². The van der Waals surface area contributed by atoms with E-state index in [2.05, 4.69) is 72.7 Å². The Bertz CT molecular complexity index is 1170. The van der Waals surface area contributed by atoms with E-state index in [0.29, 0.717) is 11.7 Å². The minimum absolute atomic E-state index is 0.0609. The van der Waals surface area contributed by atoms with Crippen LogP contribution in [0.3, 0.4) is 0 Å². The van der Waals surface area contributed by atoms with Crippen molar-refractivity contribution in [2.75, 3.05) is 0 Å². The molecule has 3 aromatic carbocycles. The smallest absolute Gasteiger partial charge is 0.318 e. The summed E-state index contributed by atoms with van der Waals surface area (Å²) >= 11 is 0. The highest BCUT2D eigenvalue weighted by molar-refractivity contribution is 7.45. The summed E-state index contributed by atoms with van der Waals surface area (Å²) in [5, 5.41) is 6.09. The van der Waals surface area contributed by atoms with Gasteiger partial charge in [-0.25, -0.2) is 5.09 Å². The molecule has 5 heteroatoms. The van der Waals surface area contributed by atoms with Crippen LogP contribution in [0.5, 0.6) is 5.75 Å². The molecular weight excluding hydrogens is 429 g/mol. The number of rotatable bonds is 3. The lowest BCUT2D eigenvalue weighted by atomic mass is 9.61. The Morgan fingerprint density at radius 2 is 1.79 bits per heavy atom. The largest absolute Gasteiger partial charge is 0.436 e. The minimum Gasteiger partial charge on any atom is -0.436 e. The summed E-state index contributed by atoms with van der Waals surface area (Å²) in [5.41, 5.74) is 2.47. The third-order valence-corrected chi connectivity index (χ3v) is 9.21. The molecular formula is C28H30NO3P. The molecule has 6 atom stereocenters. The fourth-order valence-electron chi connectivity index (χ4n) is 6.22. The summed E-state index contributed by atoms with van der Waals surface area (Å²) in [4.78, 5) is 12.9. The summed E-state index contributed by atoms with van der Waals surface area (Å²) in [6.07, 6.45) is 4.72. The summed E-state index contributed by atoms with van der Waals surface area (Å²) in [6, 6.07) is 23.4. The van der Waals surface area contributed by atoms with Crippen LogP contribution in [0.2, 0.25) is 0 Å². The minimum atomic E-state index is -1.32. The Hall–Kier alpha value is -2.26. The summed E-state index contributed by atoms with van der Waals surface area (Å²) < 4.78 is 13.3. The van der Waals surface area contributed by atoms with E-state index in [4.69, 9.17) is 9.05 Å². The van der Waals surface area contributed by atoms with Gasteiger partial charge in [-0.05, 0) is 60.9 Å². The van der Waals surface area contributed by atoms with Crippen molar-refractivity contribution in [3.63, 3.8) is 0 Å². The Morgan fingerprint density at radius 1 is 0.970 bits per heavy atom. The van der Waals surface area contributed by atoms with Crippen LogP contribution in [-0.2, 0) is 9.32 Å². The van der Waals surface area contributed by atoms with E-state index in [1.807, 2.05) is 6.07 Å². The average molecular weight is 460 g/mol.